The highest BCUT2D eigenvalue weighted by molar-refractivity contribution is 5.97. The van der Waals surface area contributed by atoms with Gasteiger partial charge in [0, 0.05) is 18.8 Å². The van der Waals surface area contributed by atoms with E-state index in [1.165, 1.54) is 31.2 Å². The Kier molecular flexibility index (Phi) is 7.19. The molecule has 0 spiro atoms. The van der Waals surface area contributed by atoms with Crippen LogP contribution in [0.1, 0.15) is 44.1 Å². The van der Waals surface area contributed by atoms with E-state index in [2.05, 4.69) is 10.6 Å². The molecule has 1 fully saturated rings. The Hall–Kier alpha value is -2.28. The average molecular weight is 311 g/mol. The number of hydrogen-bond acceptors (Lipinski definition) is 3. The number of nitrogens with one attached hydrogen (secondary N) is 2. The highest BCUT2D eigenvalue weighted by Gasteiger charge is 2.12. The molecule has 2 rings (SSSR count). The molecule has 1 saturated carbocycles. The summed E-state index contributed by atoms with van der Waals surface area (Å²) in [6.07, 6.45) is 9.60. The predicted molar refractivity (Wildman–Crippen MR) is 91.5 cm³/mol. The van der Waals surface area contributed by atoms with E-state index in [1.54, 1.807) is 6.20 Å². The van der Waals surface area contributed by atoms with Gasteiger partial charge in [0.25, 0.3) is 5.91 Å². The van der Waals surface area contributed by atoms with Crippen molar-refractivity contribution >= 4 is 5.91 Å². The molecular formula is C19H25N3O. The van der Waals surface area contributed by atoms with E-state index in [0.29, 0.717) is 12.6 Å². The molecule has 23 heavy (non-hydrogen) atoms. The Labute approximate surface area is 138 Å². The van der Waals surface area contributed by atoms with Crippen molar-refractivity contribution in [1.82, 2.24) is 10.6 Å². The van der Waals surface area contributed by atoms with Crippen molar-refractivity contribution in [3.8, 4) is 6.07 Å². The molecule has 4 heteroatoms. The van der Waals surface area contributed by atoms with Gasteiger partial charge in [-0.1, -0.05) is 56.0 Å². The maximum atomic E-state index is 12.1. The van der Waals surface area contributed by atoms with Crippen LogP contribution in [-0.2, 0) is 11.2 Å². The van der Waals surface area contributed by atoms with Gasteiger partial charge in [0.05, 0.1) is 0 Å². The van der Waals surface area contributed by atoms with Crippen molar-refractivity contribution in [3.63, 3.8) is 0 Å². The van der Waals surface area contributed by atoms with Crippen LogP contribution in [-0.4, -0.2) is 18.5 Å². The molecule has 1 aliphatic carbocycles. The number of benzene rings is 1. The smallest absolute Gasteiger partial charge is 0.263 e. The standard InChI is InChI=1S/C19H25N3O/c20-14-17(15-22-18-10-6-1-2-7-11-18)19(23)21-13-12-16-8-4-3-5-9-16/h3-5,8-9,15,18,22H,1-2,6-7,10-13H2,(H,21,23)/b17-15-. The van der Waals surface area contributed by atoms with Crippen molar-refractivity contribution < 1.29 is 4.79 Å². The zero-order valence-electron chi connectivity index (χ0n) is 13.6. The molecule has 0 bridgehead atoms. The van der Waals surface area contributed by atoms with Crippen molar-refractivity contribution in [3.05, 3.63) is 47.7 Å². The highest BCUT2D eigenvalue weighted by atomic mass is 16.1. The fourth-order valence-corrected chi connectivity index (χ4v) is 2.86. The van der Waals surface area contributed by atoms with Crippen molar-refractivity contribution in [2.75, 3.05) is 6.54 Å². The lowest BCUT2D eigenvalue weighted by Gasteiger charge is -2.14. The largest absolute Gasteiger partial charge is 0.387 e. The van der Waals surface area contributed by atoms with E-state index in [-0.39, 0.29) is 11.5 Å². The molecule has 0 radical (unpaired) electrons. The monoisotopic (exact) mass is 311 g/mol. The van der Waals surface area contributed by atoms with E-state index < -0.39 is 0 Å². The topological polar surface area (TPSA) is 64.9 Å². The first-order valence-corrected chi connectivity index (χ1v) is 8.48. The number of amides is 1. The summed E-state index contributed by atoms with van der Waals surface area (Å²) < 4.78 is 0. The molecule has 0 unspecified atom stereocenters. The second-order valence-electron chi connectivity index (χ2n) is 6.02. The average Bonchev–Trinajstić information content (AvgIpc) is 2.85. The van der Waals surface area contributed by atoms with Gasteiger partial charge in [0.15, 0.2) is 0 Å². The fraction of sp³-hybridized carbons (Fsp3) is 0.474. The van der Waals surface area contributed by atoms with Crippen LogP contribution >= 0.6 is 0 Å². The van der Waals surface area contributed by atoms with Crippen molar-refractivity contribution in [2.45, 2.75) is 51.0 Å². The summed E-state index contributed by atoms with van der Waals surface area (Å²) >= 11 is 0. The fourth-order valence-electron chi connectivity index (χ4n) is 2.86. The quantitative estimate of drug-likeness (QED) is 0.482. The molecule has 0 heterocycles. The van der Waals surface area contributed by atoms with Crippen LogP contribution in [0.15, 0.2) is 42.1 Å². The number of carbonyl (C=O) groups excluding carboxylic acids is 1. The van der Waals surface area contributed by atoms with Crippen molar-refractivity contribution in [2.24, 2.45) is 0 Å². The zero-order chi connectivity index (χ0) is 16.3. The van der Waals surface area contributed by atoms with Gasteiger partial charge in [-0.25, -0.2) is 0 Å². The Morgan fingerprint density at radius 2 is 1.87 bits per heavy atom. The maximum absolute atomic E-state index is 12.1. The van der Waals surface area contributed by atoms with Gasteiger partial charge in [-0.3, -0.25) is 4.79 Å². The summed E-state index contributed by atoms with van der Waals surface area (Å²) in [4.78, 5) is 12.1. The predicted octanol–water partition coefficient (Wildman–Crippen LogP) is 3.07. The highest BCUT2D eigenvalue weighted by Crippen LogP contribution is 2.17. The Bertz CT molecular complexity index is 552. The van der Waals surface area contributed by atoms with Crippen LogP contribution in [0.25, 0.3) is 0 Å². The number of hydrogen-bond donors (Lipinski definition) is 2. The van der Waals surface area contributed by atoms with Gasteiger partial charge in [-0.15, -0.1) is 0 Å². The van der Waals surface area contributed by atoms with Gasteiger partial charge in [0.1, 0.15) is 11.6 Å². The molecule has 0 aliphatic heterocycles. The molecule has 1 aromatic rings. The first kappa shape index (κ1) is 17.1. The first-order chi connectivity index (χ1) is 11.3. The van der Waals surface area contributed by atoms with Crippen LogP contribution in [0.2, 0.25) is 0 Å². The molecule has 122 valence electrons. The summed E-state index contributed by atoms with van der Waals surface area (Å²) in [5.74, 6) is -0.301. The Morgan fingerprint density at radius 3 is 2.52 bits per heavy atom. The van der Waals surface area contributed by atoms with Crippen LogP contribution in [0.4, 0.5) is 0 Å². The Morgan fingerprint density at radius 1 is 1.17 bits per heavy atom. The van der Waals surface area contributed by atoms with Gasteiger partial charge < -0.3 is 10.6 Å². The number of nitriles is 1. The molecule has 1 aromatic carbocycles. The Balaban J connectivity index is 1.78. The normalized spacial score (nSPS) is 16.2. The maximum Gasteiger partial charge on any atom is 0.263 e. The van der Waals surface area contributed by atoms with E-state index in [4.69, 9.17) is 0 Å². The van der Waals surface area contributed by atoms with E-state index in [9.17, 15) is 10.1 Å². The molecule has 1 amide bonds. The van der Waals surface area contributed by atoms with Crippen LogP contribution in [0.3, 0.4) is 0 Å². The molecule has 0 aromatic heterocycles. The first-order valence-electron chi connectivity index (χ1n) is 8.48. The van der Waals surface area contributed by atoms with E-state index in [0.717, 1.165) is 19.3 Å². The molecule has 0 atom stereocenters. The van der Waals surface area contributed by atoms with Crippen LogP contribution in [0.5, 0.6) is 0 Å². The lowest BCUT2D eigenvalue weighted by molar-refractivity contribution is -0.117. The SMILES string of the molecule is N#C/C(=C/NC1CCCCCC1)C(=O)NCCc1ccccc1. The van der Waals surface area contributed by atoms with Crippen molar-refractivity contribution in [1.29, 1.82) is 5.26 Å². The van der Waals surface area contributed by atoms with E-state index in [1.807, 2.05) is 36.4 Å². The molecule has 0 saturated heterocycles. The zero-order valence-corrected chi connectivity index (χ0v) is 13.6. The summed E-state index contributed by atoms with van der Waals surface area (Å²) in [6.45, 7) is 0.533. The van der Waals surface area contributed by atoms with Crippen LogP contribution < -0.4 is 10.6 Å². The van der Waals surface area contributed by atoms with Gasteiger partial charge in [-0.05, 0) is 24.8 Å². The number of nitrogens with zero attached hydrogens (tertiary/aromatic N) is 1. The summed E-state index contributed by atoms with van der Waals surface area (Å²) in [5.41, 5.74) is 1.33. The minimum atomic E-state index is -0.301. The lowest BCUT2D eigenvalue weighted by atomic mass is 10.1. The summed E-state index contributed by atoms with van der Waals surface area (Å²) in [6, 6.07) is 12.4. The van der Waals surface area contributed by atoms with Gasteiger partial charge in [-0.2, -0.15) is 5.26 Å². The molecule has 1 aliphatic rings. The molecule has 4 nitrogen and oxygen atoms in total. The molecular weight excluding hydrogens is 286 g/mol. The summed E-state index contributed by atoms with van der Waals surface area (Å²) in [5, 5.41) is 15.2. The minimum absolute atomic E-state index is 0.155. The number of rotatable bonds is 6. The number of carbonyl (C=O) groups is 1. The van der Waals surface area contributed by atoms with Gasteiger partial charge in [0.2, 0.25) is 0 Å². The third kappa shape index (κ3) is 6.15. The van der Waals surface area contributed by atoms with Crippen LogP contribution in [0, 0.1) is 11.3 Å². The molecule has 2 N–H and O–H groups in total. The second kappa shape index (κ2) is 9.68. The third-order valence-electron chi connectivity index (χ3n) is 4.23. The second-order valence-corrected chi connectivity index (χ2v) is 6.02. The lowest BCUT2D eigenvalue weighted by Crippen LogP contribution is -2.29. The minimum Gasteiger partial charge on any atom is -0.387 e. The van der Waals surface area contributed by atoms with E-state index >= 15 is 0 Å². The van der Waals surface area contributed by atoms with Gasteiger partial charge >= 0.3 is 0 Å². The third-order valence-corrected chi connectivity index (χ3v) is 4.23. The summed E-state index contributed by atoms with van der Waals surface area (Å²) in [7, 11) is 0.